The summed E-state index contributed by atoms with van der Waals surface area (Å²) in [7, 11) is 2.04. The predicted molar refractivity (Wildman–Crippen MR) is 83.5 cm³/mol. The van der Waals surface area contributed by atoms with Crippen molar-refractivity contribution >= 4 is 11.6 Å². The van der Waals surface area contributed by atoms with E-state index >= 15 is 0 Å². The van der Waals surface area contributed by atoms with Gasteiger partial charge in [-0.3, -0.25) is 4.90 Å². The molecule has 0 amide bonds. The zero-order valence-corrected chi connectivity index (χ0v) is 13.0. The summed E-state index contributed by atoms with van der Waals surface area (Å²) in [6, 6.07) is 7.95. The molecule has 0 aliphatic carbocycles. The van der Waals surface area contributed by atoms with Gasteiger partial charge in [0, 0.05) is 50.5 Å². The third-order valence-electron chi connectivity index (χ3n) is 3.96. The maximum atomic E-state index is 5.94. The van der Waals surface area contributed by atoms with Crippen molar-refractivity contribution in [1.29, 1.82) is 0 Å². The smallest absolute Gasteiger partial charge is 0.109 e. The number of morpholine rings is 1. The fraction of sp³-hybridized carbons (Fsp3) is 0.438. The van der Waals surface area contributed by atoms with Gasteiger partial charge in [0.25, 0.3) is 0 Å². The Morgan fingerprint density at radius 3 is 2.86 bits per heavy atom. The van der Waals surface area contributed by atoms with E-state index < -0.39 is 0 Å². The highest BCUT2D eigenvalue weighted by atomic mass is 35.5. The number of nitrogens with zero attached hydrogens (tertiary/aromatic N) is 3. The third-order valence-corrected chi connectivity index (χ3v) is 4.22. The van der Waals surface area contributed by atoms with Crippen LogP contribution in [-0.4, -0.2) is 40.7 Å². The molecule has 1 saturated heterocycles. The lowest BCUT2D eigenvalue weighted by Crippen LogP contribution is -2.39. The highest BCUT2D eigenvalue weighted by Gasteiger charge is 2.21. The molecular formula is C16H20ClN3O. The Bertz CT molecular complexity index is 581. The first-order valence-electron chi connectivity index (χ1n) is 7.28. The maximum absolute atomic E-state index is 5.94. The molecule has 0 spiro atoms. The monoisotopic (exact) mass is 305 g/mol. The average Bonchev–Trinajstić information content (AvgIpc) is 2.91. The van der Waals surface area contributed by atoms with Gasteiger partial charge in [0.15, 0.2) is 0 Å². The van der Waals surface area contributed by atoms with E-state index in [2.05, 4.69) is 26.6 Å². The van der Waals surface area contributed by atoms with Gasteiger partial charge in [0.1, 0.15) is 5.82 Å². The summed E-state index contributed by atoms with van der Waals surface area (Å²) in [6.45, 7) is 3.69. The predicted octanol–water partition coefficient (Wildman–Crippen LogP) is 2.69. The average molecular weight is 306 g/mol. The molecule has 0 bridgehead atoms. The van der Waals surface area contributed by atoms with Gasteiger partial charge in [-0.2, -0.15) is 0 Å². The van der Waals surface area contributed by atoms with Gasteiger partial charge in [-0.25, -0.2) is 4.98 Å². The molecule has 112 valence electrons. The minimum atomic E-state index is 0.136. The van der Waals surface area contributed by atoms with Crippen LogP contribution in [0.1, 0.15) is 17.5 Å². The Morgan fingerprint density at radius 1 is 1.33 bits per heavy atom. The zero-order valence-electron chi connectivity index (χ0n) is 12.2. The first-order valence-corrected chi connectivity index (χ1v) is 7.66. The van der Waals surface area contributed by atoms with E-state index in [-0.39, 0.29) is 6.10 Å². The molecular weight excluding hydrogens is 286 g/mol. The second kappa shape index (κ2) is 6.60. The van der Waals surface area contributed by atoms with Gasteiger partial charge in [0.2, 0.25) is 0 Å². The summed E-state index contributed by atoms with van der Waals surface area (Å²) in [5, 5.41) is 0.765. The van der Waals surface area contributed by atoms with Crippen LogP contribution in [0.15, 0.2) is 36.7 Å². The molecule has 21 heavy (non-hydrogen) atoms. The summed E-state index contributed by atoms with van der Waals surface area (Å²) >= 11 is 5.94. The molecule has 5 heteroatoms. The van der Waals surface area contributed by atoms with Crippen LogP contribution in [0, 0.1) is 0 Å². The van der Waals surface area contributed by atoms with Crippen LogP contribution in [0.2, 0.25) is 5.02 Å². The first-order chi connectivity index (χ1) is 10.2. The van der Waals surface area contributed by atoms with Crippen molar-refractivity contribution in [3.63, 3.8) is 0 Å². The van der Waals surface area contributed by atoms with E-state index in [9.17, 15) is 0 Å². The molecule has 1 fully saturated rings. The van der Waals surface area contributed by atoms with Crippen LogP contribution in [0.25, 0.3) is 0 Å². The Morgan fingerprint density at radius 2 is 2.14 bits per heavy atom. The highest BCUT2D eigenvalue weighted by Crippen LogP contribution is 2.23. The zero-order chi connectivity index (χ0) is 14.7. The van der Waals surface area contributed by atoms with Crippen molar-refractivity contribution in [1.82, 2.24) is 14.5 Å². The molecule has 0 N–H and O–H groups in total. The summed E-state index contributed by atoms with van der Waals surface area (Å²) in [6.07, 6.45) is 4.95. The van der Waals surface area contributed by atoms with Gasteiger partial charge < -0.3 is 9.30 Å². The topological polar surface area (TPSA) is 30.3 Å². The fourth-order valence-corrected chi connectivity index (χ4v) is 2.81. The summed E-state index contributed by atoms with van der Waals surface area (Å²) in [5.74, 6) is 1.13. The van der Waals surface area contributed by atoms with Crippen LogP contribution >= 0.6 is 11.6 Å². The van der Waals surface area contributed by atoms with E-state index in [1.54, 1.807) is 0 Å². The molecule has 1 aliphatic rings. The van der Waals surface area contributed by atoms with Crippen LogP contribution in [-0.2, 0) is 18.2 Å². The van der Waals surface area contributed by atoms with Crippen LogP contribution in [0.4, 0.5) is 0 Å². The second-order valence-corrected chi connectivity index (χ2v) is 5.85. The fourth-order valence-electron chi connectivity index (χ4n) is 2.68. The molecule has 2 heterocycles. The molecule has 1 aromatic carbocycles. The van der Waals surface area contributed by atoms with Gasteiger partial charge in [-0.05, 0) is 17.7 Å². The van der Waals surface area contributed by atoms with Crippen LogP contribution < -0.4 is 0 Å². The minimum absolute atomic E-state index is 0.136. The Hall–Kier alpha value is -1.36. The van der Waals surface area contributed by atoms with E-state index in [1.165, 1.54) is 5.56 Å². The Kier molecular flexibility index (Phi) is 4.58. The lowest BCUT2D eigenvalue weighted by Gasteiger charge is -2.33. The molecule has 1 unspecified atom stereocenters. The number of halogens is 1. The van der Waals surface area contributed by atoms with Gasteiger partial charge in [-0.1, -0.05) is 23.7 Å². The summed E-state index contributed by atoms with van der Waals surface area (Å²) in [5.41, 5.74) is 1.20. The lowest BCUT2D eigenvalue weighted by atomic mass is 10.1. The molecule has 0 radical (unpaired) electrons. The number of imidazole rings is 1. The molecule has 1 aliphatic heterocycles. The number of ether oxygens (including phenoxy) is 1. The Labute approximate surface area is 130 Å². The molecule has 0 saturated carbocycles. The van der Waals surface area contributed by atoms with E-state index in [0.29, 0.717) is 0 Å². The SMILES string of the molecule is Cn1ccnc1CCN1CCOC(c2ccc(Cl)cc2)C1. The largest absolute Gasteiger partial charge is 0.371 e. The number of aromatic nitrogens is 2. The number of hydrogen-bond acceptors (Lipinski definition) is 3. The summed E-state index contributed by atoms with van der Waals surface area (Å²) < 4.78 is 7.97. The van der Waals surface area contributed by atoms with Crippen LogP contribution in [0.5, 0.6) is 0 Å². The minimum Gasteiger partial charge on any atom is -0.371 e. The molecule has 2 aromatic rings. The molecule has 3 rings (SSSR count). The number of benzene rings is 1. The quantitative estimate of drug-likeness (QED) is 0.870. The standard InChI is InChI=1S/C16H20ClN3O/c1-19-9-7-18-16(19)6-8-20-10-11-21-15(12-20)13-2-4-14(17)5-3-13/h2-5,7,9,15H,6,8,10-12H2,1H3. The summed E-state index contributed by atoms with van der Waals surface area (Å²) in [4.78, 5) is 6.82. The Balaban J connectivity index is 1.58. The van der Waals surface area contributed by atoms with Crippen molar-refractivity contribution in [3.8, 4) is 0 Å². The molecule has 1 atom stereocenters. The first kappa shape index (κ1) is 14.6. The van der Waals surface area contributed by atoms with Gasteiger partial charge in [-0.15, -0.1) is 0 Å². The van der Waals surface area contributed by atoms with Crippen molar-refractivity contribution in [2.24, 2.45) is 7.05 Å². The van der Waals surface area contributed by atoms with E-state index in [4.69, 9.17) is 16.3 Å². The third kappa shape index (κ3) is 3.64. The van der Waals surface area contributed by atoms with Crippen LogP contribution in [0.3, 0.4) is 0 Å². The number of hydrogen-bond donors (Lipinski definition) is 0. The maximum Gasteiger partial charge on any atom is 0.109 e. The van der Waals surface area contributed by atoms with Crippen molar-refractivity contribution in [2.45, 2.75) is 12.5 Å². The normalized spacial score (nSPS) is 19.8. The number of aryl methyl sites for hydroxylation is 1. The second-order valence-electron chi connectivity index (χ2n) is 5.42. The van der Waals surface area contributed by atoms with Gasteiger partial charge in [0.05, 0.1) is 12.7 Å². The van der Waals surface area contributed by atoms with Gasteiger partial charge >= 0.3 is 0 Å². The van der Waals surface area contributed by atoms with E-state index in [0.717, 1.165) is 43.5 Å². The number of rotatable bonds is 4. The molecule has 4 nitrogen and oxygen atoms in total. The lowest BCUT2D eigenvalue weighted by molar-refractivity contribution is -0.0297. The van der Waals surface area contributed by atoms with E-state index in [1.807, 2.05) is 31.6 Å². The van der Waals surface area contributed by atoms with Crippen molar-refractivity contribution < 1.29 is 4.74 Å². The van der Waals surface area contributed by atoms with Crippen molar-refractivity contribution in [2.75, 3.05) is 26.2 Å². The molecule has 1 aromatic heterocycles. The van der Waals surface area contributed by atoms with Crippen molar-refractivity contribution in [3.05, 3.63) is 53.1 Å². The highest BCUT2D eigenvalue weighted by molar-refractivity contribution is 6.30.